The van der Waals surface area contributed by atoms with Crippen LogP contribution >= 0.6 is 0 Å². The molecule has 0 aliphatic heterocycles. The number of hydrogen-bond acceptors (Lipinski definition) is 14. The Morgan fingerprint density at radius 1 is 0.247 bits per heavy atom. The van der Waals surface area contributed by atoms with Crippen molar-refractivity contribution in [2.24, 2.45) is 21.7 Å². The van der Waals surface area contributed by atoms with Gasteiger partial charge in [0.15, 0.2) is 5.78 Å². The van der Waals surface area contributed by atoms with E-state index in [0.29, 0.717) is 71.3 Å². The van der Waals surface area contributed by atoms with Crippen molar-refractivity contribution in [1.29, 1.82) is 0 Å². The van der Waals surface area contributed by atoms with Crippen LogP contribution in [0.5, 0.6) is 0 Å². The summed E-state index contributed by atoms with van der Waals surface area (Å²) in [6.45, 7) is 50.8. The maximum absolute atomic E-state index is 11.6. The van der Waals surface area contributed by atoms with Crippen molar-refractivity contribution in [2.45, 2.75) is 323 Å². The van der Waals surface area contributed by atoms with Gasteiger partial charge in [-0.2, -0.15) is 0 Å². The molecule has 0 aromatic heterocycles. The first-order valence-electron chi connectivity index (χ1n) is 25.0. The van der Waals surface area contributed by atoms with E-state index in [2.05, 4.69) is 0 Å². The molecule has 0 aliphatic rings. The average molecular weight is 1180 g/mol. The maximum atomic E-state index is 11.6. The highest BCUT2D eigenvalue weighted by Crippen LogP contribution is 2.20. The van der Waals surface area contributed by atoms with Crippen molar-refractivity contribution < 1.29 is 66.7 Å². The van der Waals surface area contributed by atoms with Crippen molar-refractivity contribution in [1.82, 2.24) is 0 Å². The molecule has 0 spiro atoms. The summed E-state index contributed by atoms with van der Waals surface area (Å²) in [5.41, 5.74) is -1.95. The van der Waals surface area contributed by atoms with E-state index in [4.69, 9.17) is 37.9 Å². The van der Waals surface area contributed by atoms with Gasteiger partial charge in [-0.25, -0.2) is 0 Å². The smallest absolute Gasteiger partial charge is 0.306 e. The number of hydrogen-bond donors (Lipinski definition) is 0. The number of ether oxygens (including phenoxy) is 8. The third-order valence-electron chi connectivity index (χ3n) is 8.90. The number of carbonyl (C=O) groups excluding carboxylic acids is 6. The summed E-state index contributed by atoms with van der Waals surface area (Å²) >= 11 is 0. The van der Waals surface area contributed by atoms with Gasteiger partial charge < -0.3 is 37.9 Å². The van der Waals surface area contributed by atoms with Crippen LogP contribution in [0.3, 0.4) is 0 Å². The molecule has 14 nitrogen and oxygen atoms in total. The van der Waals surface area contributed by atoms with Gasteiger partial charge >= 0.3 is 11.9 Å². The van der Waals surface area contributed by atoms with E-state index in [-0.39, 0.29) is 196 Å². The Morgan fingerprint density at radius 2 is 0.494 bits per heavy atom. The molecule has 0 amide bonds. The lowest BCUT2D eigenvalue weighted by molar-refractivity contribution is -0.148. The van der Waals surface area contributed by atoms with Gasteiger partial charge in [-0.05, 0) is 95.9 Å². The fraction of sp³-hybridized carbons (Fsp3) is 0.910. The van der Waals surface area contributed by atoms with E-state index in [9.17, 15) is 28.8 Å². The highest BCUT2D eigenvalue weighted by atomic mass is 16.6. The first kappa shape index (κ1) is 121. The first-order valence-corrected chi connectivity index (χ1v) is 25.0. The molecule has 0 aromatic carbocycles. The molecule has 81 heavy (non-hydrogen) atoms. The van der Waals surface area contributed by atoms with E-state index in [0.717, 1.165) is 6.42 Å². The zero-order valence-electron chi connectivity index (χ0n) is 48.7. The minimum absolute atomic E-state index is 0. The molecule has 0 N–H and O–H groups in total. The van der Waals surface area contributed by atoms with Crippen LogP contribution < -0.4 is 0 Å². The molecule has 0 aromatic rings. The molecule has 0 rings (SSSR count). The summed E-state index contributed by atoms with van der Waals surface area (Å²) in [7, 11) is 0. The van der Waals surface area contributed by atoms with Crippen LogP contribution in [0.1, 0.15) is 300 Å². The summed E-state index contributed by atoms with van der Waals surface area (Å²) in [5, 5.41) is 0. The Morgan fingerprint density at radius 3 is 0.778 bits per heavy atom. The molecule has 0 bridgehead atoms. The van der Waals surface area contributed by atoms with Crippen LogP contribution in [0.4, 0.5) is 0 Å². The topological polar surface area (TPSA) is 176 Å². The van der Waals surface area contributed by atoms with Crippen molar-refractivity contribution in [3.63, 3.8) is 0 Å². The third-order valence-corrected chi connectivity index (χ3v) is 8.90. The highest BCUT2D eigenvalue weighted by Gasteiger charge is 2.24. The highest BCUT2D eigenvalue weighted by molar-refractivity contribution is 5.87. The van der Waals surface area contributed by atoms with Crippen molar-refractivity contribution in [2.75, 3.05) is 66.1 Å². The standard InChI is InChI=1S/C15H28O4.C14H26O4.C14H28O3.C12H24O3.12CH4/c1-14(2,3)12(16)8-7-9-13(17)18-10-11-19-15(4,5)6;1-13(2,3)11(15)7-8-12(16)17-9-10-18-14(4,5)6;1-13(2,3)12(15)8-7-9-16-10-11-17-14(4,5)6;1-11(2,3)10(13)9-14-7-8-15-12(4,5)6;;;;;;;;;;;;/h7-11H2,1-6H3;7-10H2,1-6H3;7-11H2,1-6H3;7-9H2,1-6H3;12*1H4. The van der Waals surface area contributed by atoms with Gasteiger partial charge in [-0.3, -0.25) is 28.8 Å². The van der Waals surface area contributed by atoms with Crippen LogP contribution in [0.2, 0.25) is 0 Å². The molecule has 0 saturated heterocycles. The van der Waals surface area contributed by atoms with E-state index in [1.54, 1.807) is 0 Å². The Labute approximate surface area is 510 Å². The second-order valence-electron chi connectivity index (χ2n) is 25.1. The van der Waals surface area contributed by atoms with E-state index < -0.39 is 5.41 Å². The van der Waals surface area contributed by atoms with Gasteiger partial charge in [0.1, 0.15) is 37.2 Å². The SMILES string of the molecule is C.C.C.C.C.C.C.C.C.C.C.C.CC(C)(C)OCCOC(=O)CCC(=O)C(C)(C)C.CC(C)(C)OCCOC(=O)CCCC(=O)C(C)(C)C.CC(C)(C)OCCOCC(=O)C(C)(C)C.CC(C)(C)OCCOCCCC(=O)C(C)(C)C. The van der Waals surface area contributed by atoms with Crippen LogP contribution in [-0.2, 0) is 66.7 Å². The third kappa shape index (κ3) is 94.0. The predicted molar refractivity (Wildman–Crippen MR) is 357 cm³/mol. The Balaban J connectivity index is -0.0000000475. The van der Waals surface area contributed by atoms with Gasteiger partial charge in [0.2, 0.25) is 0 Å². The molecule has 0 saturated carbocycles. The van der Waals surface area contributed by atoms with E-state index in [1.807, 2.05) is 166 Å². The Bertz CT molecular complexity index is 1430. The minimum atomic E-state index is -0.393. The average Bonchev–Trinajstić information content (AvgIpc) is 3.14. The van der Waals surface area contributed by atoms with Gasteiger partial charge in [0, 0.05) is 54.0 Å². The van der Waals surface area contributed by atoms with Crippen LogP contribution in [0.25, 0.3) is 0 Å². The number of esters is 2. The lowest BCUT2D eigenvalue weighted by atomic mass is 9.88. The quantitative estimate of drug-likeness (QED) is 0.0623. The van der Waals surface area contributed by atoms with Crippen LogP contribution in [0, 0.1) is 21.7 Å². The zero-order valence-corrected chi connectivity index (χ0v) is 48.7. The molecular formula is C67H154O14. The molecule has 506 valence electrons. The first-order chi connectivity index (χ1) is 30.8. The molecule has 0 aliphatic carbocycles. The fourth-order valence-corrected chi connectivity index (χ4v) is 4.52. The number of carbonyl (C=O) groups is 6. The number of ketones is 4. The molecule has 0 radical (unpaired) electrons. The Kier molecular flexibility index (Phi) is 86.1. The maximum Gasteiger partial charge on any atom is 0.306 e. The van der Waals surface area contributed by atoms with E-state index in [1.165, 1.54) is 0 Å². The summed E-state index contributed by atoms with van der Waals surface area (Å²) in [6.07, 6.45) is 3.05. The van der Waals surface area contributed by atoms with Crippen molar-refractivity contribution in [3.05, 3.63) is 0 Å². The minimum Gasteiger partial charge on any atom is -0.463 e. The molecule has 0 atom stereocenters. The number of rotatable bonds is 25. The molecule has 0 unspecified atom stereocenters. The Hall–Kier alpha value is -2.62. The molecule has 0 heterocycles. The van der Waals surface area contributed by atoms with E-state index >= 15 is 0 Å². The molecule has 0 fully saturated rings. The summed E-state index contributed by atoms with van der Waals surface area (Å²) in [4.78, 5) is 69.1. The summed E-state index contributed by atoms with van der Waals surface area (Å²) in [5.74, 6) is 0.0661. The summed E-state index contributed by atoms with van der Waals surface area (Å²) in [6, 6.07) is 0. The largest absolute Gasteiger partial charge is 0.463 e. The monoisotopic (exact) mass is 1180 g/mol. The molecule has 14 heteroatoms. The summed E-state index contributed by atoms with van der Waals surface area (Å²) < 4.78 is 42.5. The second kappa shape index (κ2) is 57.8. The number of Topliss-reactive ketones (excluding diaryl/α,β-unsaturated/α-hetero) is 4. The van der Waals surface area contributed by atoms with Gasteiger partial charge in [0.25, 0.3) is 0 Å². The van der Waals surface area contributed by atoms with Gasteiger partial charge in [0.05, 0.1) is 68.5 Å². The predicted octanol–water partition coefficient (Wildman–Crippen LogP) is 19.2. The van der Waals surface area contributed by atoms with Gasteiger partial charge in [-0.15, -0.1) is 0 Å². The van der Waals surface area contributed by atoms with Crippen LogP contribution in [-0.4, -0.2) is 124 Å². The van der Waals surface area contributed by atoms with Crippen molar-refractivity contribution >= 4 is 35.1 Å². The lowest BCUT2D eigenvalue weighted by Gasteiger charge is -2.20. The lowest BCUT2D eigenvalue weighted by Crippen LogP contribution is -2.27. The normalized spacial score (nSPS) is 10.7. The zero-order chi connectivity index (χ0) is 55.1. The molecular weight excluding hydrogens is 1030 g/mol. The van der Waals surface area contributed by atoms with Crippen molar-refractivity contribution in [3.8, 4) is 0 Å². The van der Waals surface area contributed by atoms with Crippen LogP contribution in [0.15, 0.2) is 0 Å². The van der Waals surface area contributed by atoms with Gasteiger partial charge in [-0.1, -0.05) is 172 Å². The second-order valence-corrected chi connectivity index (χ2v) is 25.1. The fourth-order valence-electron chi connectivity index (χ4n) is 4.52.